The highest BCUT2D eigenvalue weighted by atomic mass is 32.1. The summed E-state index contributed by atoms with van der Waals surface area (Å²) in [5.41, 5.74) is 1.93. The normalized spacial score (nSPS) is 15.3. The van der Waals surface area contributed by atoms with E-state index in [0.29, 0.717) is 44.9 Å². The Morgan fingerprint density at radius 2 is 1.77 bits per heavy atom. The van der Waals surface area contributed by atoms with Crippen LogP contribution in [0.25, 0.3) is 10.2 Å². The lowest BCUT2D eigenvalue weighted by atomic mass is 9.95. The van der Waals surface area contributed by atoms with Gasteiger partial charge in [0.05, 0.1) is 51.1 Å². The summed E-state index contributed by atoms with van der Waals surface area (Å²) in [5.74, 6) is -0.285. The number of ketones is 1. The number of unbranched alkanes of at least 4 members (excludes halogenated alkanes) is 3. The summed E-state index contributed by atoms with van der Waals surface area (Å²) in [6, 6.07) is 11.9. The molecule has 0 saturated heterocycles. The fraction of sp³-hybridized carbons (Fsp3) is 0.333. The Bertz CT molecular complexity index is 1590. The summed E-state index contributed by atoms with van der Waals surface area (Å²) in [6.45, 7) is 6.37. The van der Waals surface area contributed by atoms with Crippen LogP contribution < -0.4 is 14.4 Å². The van der Waals surface area contributed by atoms with E-state index in [0.717, 1.165) is 29.0 Å². The predicted molar refractivity (Wildman–Crippen MR) is 158 cm³/mol. The zero-order chi connectivity index (χ0) is 28.4. The first-order valence-electron chi connectivity index (χ1n) is 13.2. The number of carbonyl (C=O) groups is 2. The third-order valence-electron chi connectivity index (χ3n) is 6.82. The SMILES string of the molecule is CCCCCCOc1ccc(C2C(C(=O)c3sc(C)nc3C)=C(O)C(=O)N2c2nc3ccc(OC)cc3s2)cc1. The van der Waals surface area contributed by atoms with Gasteiger partial charge in [-0.1, -0.05) is 49.7 Å². The second-order valence-electron chi connectivity index (χ2n) is 9.62. The molecule has 2 aromatic heterocycles. The molecule has 5 rings (SSSR count). The molecule has 0 saturated carbocycles. The van der Waals surface area contributed by atoms with Crippen LogP contribution in [0.1, 0.15) is 64.6 Å². The lowest BCUT2D eigenvalue weighted by Gasteiger charge is -2.24. The molecule has 0 aliphatic carbocycles. The minimum absolute atomic E-state index is 0.0156. The zero-order valence-corrected chi connectivity index (χ0v) is 24.5. The van der Waals surface area contributed by atoms with Crippen molar-refractivity contribution in [1.29, 1.82) is 0 Å². The highest BCUT2D eigenvalue weighted by Gasteiger charge is 2.46. The van der Waals surface area contributed by atoms with Gasteiger partial charge in [-0.15, -0.1) is 11.3 Å². The summed E-state index contributed by atoms with van der Waals surface area (Å²) < 4.78 is 12.1. The molecule has 1 aliphatic rings. The van der Waals surface area contributed by atoms with Crippen molar-refractivity contribution in [2.75, 3.05) is 18.6 Å². The van der Waals surface area contributed by atoms with Crippen LogP contribution in [0.3, 0.4) is 0 Å². The molecule has 1 amide bonds. The van der Waals surface area contributed by atoms with E-state index >= 15 is 0 Å². The van der Waals surface area contributed by atoms with E-state index in [1.807, 2.05) is 43.3 Å². The van der Waals surface area contributed by atoms with Gasteiger partial charge in [-0.25, -0.2) is 9.97 Å². The highest BCUT2D eigenvalue weighted by Crippen LogP contribution is 2.45. The topological polar surface area (TPSA) is 102 Å². The number of ether oxygens (including phenoxy) is 2. The maximum Gasteiger partial charge on any atom is 0.296 e. The van der Waals surface area contributed by atoms with Crippen molar-refractivity contribution in [3.8, 4) is 11.5 Å². The first-order valence-corrected chi connectivity index (χ1v) is 14.9. The van der Waals surface area contributed by atoms with Crippen LogP contribution in [-0.4, -0.2) is 40.5 Å². The Morgan fingerprint density at radius 3 is 2.45 bits per heavy atom. The number of carbonyl (C=O) groups excluding carboxylic acids is 2. The second-order valence-corrected chi connectivity index (χ2v) is 11.8. The number of benzene rings is 2. The quantitative estimate of drug-likeness (QED) is 0.150. The van der Waals surface area contributed by atoms with E-state index in [4.69, 9.17) is 9.47 Å². The van der Waals surface area contributed by atoms with Crippen molar-refractivity contribution in [2.24, 2.45) is 0 Å². The average Bonchev–Trinajstić information content (AvgIpc) is 3.60. The summed E-state index contributed by atoms with van der Waals surface area (Å²) in [4.78, 5) is 38.3. The molecular weight excluding hydrogens is 546 g/mol. The molecule has 0 bridgehead atoms. The molecule has 10 heteroatoms. The van der Waals surface area contributed by atoms with Gasteiger partial charge < -0.3 is 14.6 Å². The number of anilines is 1. The number of rotatable bonds is 11. The monoisotopic (exact) mass is 577 g/mol. The molecular formula is C30H31N3O5S2. The molecule has 1 N–H and O–H groups in total. The number of nitrogens with zero attached hydrogens (tertiary/aromatic N) is 3. The molecule has 1 unspecified atom stereocenters. The molecule has 1 atom stereocenters. The van der Waals surface area contributed by atoms with Crippen LogP contribution in [0.2, 0.25) is 0 Å². The Morgan fingerprint density at radius 1 is 1.02 bits per heavy atom. The largest absolute Gasteiger partial charge is 0.503 e. The number of fused-ring (bicyclic) bond motifs is 1. The summed E-state index contributed by atoms with van der Waals surface area (Å²) in [5, 5.41) is 12.2. The van der Waals surface area contributed by atoms with Gasteiger partial charge in [0.15, 0.2) is 10.9 Å². The number of Topliss-reactive ketones (excluding diaryl/α,β-unsaturated/α-hetero) is 1. The van der Waals surface area contributed by atoms with Gasteiger partial charge in [-0.05, 0) is 56.2 Å². The van der Waals surface area contributed by atoms with E-state index in [9.17, 15) is 14.7 Å². The molecule has 1 aliphatic heterocycles. The van der Waals surface area contributed by atoms with Crippen molar-refractivity contribution < 1.29 is 24.2 Å². The van der Waals surface area contributed by atoms with Gasteiger partial charge in [0.25, 0.3) is 5.91 Å². The molecule has 0 spiro atoms. The molecule has 40 heavy (non-hydrogen) atoms. The fourth-order valence-electron chi connectivity index (χ4n) is 4.80. The number of aliphatic hydroxyl groups is 1. The van der Waals surface area contributed by atoms with Crippen LogP contribution in [0.4, 0.5) is 5.13 Å². The molecule has 4 aromatic rings. The lowest BCUT2D eigenvalue weighted by Crippen LogP contribution is -2.31. The van der Waals surface area contributed by atoms with Crippen molar-refractivity contribution in [3.05, 3.63) is 74.9 Å². The van der Waals surface area contributed by atoms with Gasteiger partial charge in [0, 0.05) is 0 Å². The molecule has 3 heterocycles. The van der Waals surface area contributed by atoms with E-state index < -0.39 is 23.5 Å². The van der Waals surface area contributed by atoms with Crippen molar-refractivity contribution in [1.82, 2.24) is 9.97 Å². The van der Waals surface area contributed by atoms with Crippen molar-refractivity contribution in [3.63, 3.8) is 0 Å². The average molecular weight is 578 g/mol. The highest BCUT2D eigenvalue weighted by molar-refractivity contribution is 7.22. The van der Waals surface area contributed by atoms with Crippen LogP contribution in [0, 0.1) is 13.8 Å². The number of aryl methyl sites for hydroxylation is 2. The molecule has 2 aromatic carbocycles. The lowest BCUT2D eigenvalue weighted by molar-refractivity contribution is -0.117. The number of aromatic nitrogens is 2. The number of thiazole rings is 2. The Kier molecular flexibility index (Phi) is 8.18. The summed E-state index contributed by atoms with van der Waals surface area (Å²) in [7, 11) is 1.59. The summed E-state index contributed by atoms with van der Waals surface area (Å²) in [6.07, 6.45) is 4.44. The number of hydrogen-bond acceptors (Lipinski definition) is 9. The minimum atomic E-state index is -0.872. The number of methoxy groups -OCH3 is 1. The first kappa shape index (κ1) is 27.8. The fourth-order valence-corrected chi connectivity index (χ4v) is 6.70. The van der Waals surface area contributed by atoms with Crippen molar-refractivity contribution in [2.45, 2.75) is 52.5 Å². The number of aliphatic hydroxyl groups excluding tert-OH is 1. The van der Waals surface area contributed by atoms with Crippen LogP contribution >= 0.6 is 22.7 Å². The standard InChI is InChI=1S/C30H31N3O5S2/c1-5-6-7-8-15-38-20-11-9-19(10-12-20)25-24(26(34)28-17(2)31-18(3)39-28)27(35)29(36)33(25)30-32-22-14-13-21(37-4)16-23(22)40-30/h9-14,16,25,35H,5-8,15H2,1-4H3. The number of amides is 1. The third-order valence-corrected chi connectivity index (χ3v) is 8.90. The Labute approximate surface area is 240 Å². The Balaban J connectivity index is 1.54. The van der Waals surface area contributed by atoms with E-state index in [1.165, 1.54) is 34.0 Å². The summed E-state index contributed by atoms with van der Waals surface area (Å²) >= 11 is 2.55. The first-order chi connectivity index (χ1) is 19.3. The smallest absolute Gasteiger partial charge is 0.296 e. The maximum atomic E-state index is 13.9. The van der Waals surface area contributed by atoms with Gasteiger partial charge in [-0.3, -0.25) is 14.5 Å². The van der Waals surface area contributed by atoms with Crippen LogP contribution in [0.5, 0.6) is 11.5 Å². The second kappa shape index (κ2) is 11.8. The van der Waals surface area contributed by atoms with E-state index in [-0.39, 0.29) is 5.57 Å². The zero-order valence-electron chi connectivity index (χ0n) is 22.9. The minimum Gasteiger partial charge on any atom is -0.503 e. The maximum absolute atomic E-state index is 13.9. The molecule has 208 valence electrons. The van der Waals surface area contributed by atoms with Crippen LogP contribution in [0.15, 0.2) is 53.8 Å². The number of hydrogen-bond donors (Lipinski definition) is 1. The van der Waals surface area contributed by atoms with Gasteiger partial charge >= 0.3 is 0 Å². The van der Waals surface area contributed by atoms with Gasteiger partial charge in [0.1, 0.15) is 11.5 Å². The van der Waals surface area contributed by atoms with Gasteiger partial charge in [-0.2, -0.15) is 0 Å². The van der Waals surface area contributed by atoms with Crippen molar-refractivity contribution >= 4 is 49.7 Å². The molecule has 0 radical (unpaired) electrons. The molecule has 8 nitrogen and oxygen atoms in total. The van der Waals surface area contributed by atoms with Crippen LogP contribution in [-0.2, 0) is 4.79 Å². The van der Waals surface area contributed by atoms with E-state index in [1.54, 1.807) is 20.1 Å². The molecule has 0 fully saturated rings. The predicted octanol–water partition coefficient (Wildman–Crippen LogP) is 7.12. The Hall–Kier alpha value is -3.76. The van der Waals surface area contributed by atoms with E-state index in [2.05, 4.69) is 16.9 Å². The van der Waals surface area contributed by atoms with Gasteiger partial charge in [0.2, 0.25) is 5.78 Å². The third kappa shape index (κ3) is 5.33.